The minimum atomic E-state index is -2.63. The average molecular weight is 600 g/mol. The standard InChI is InChI=1S/C30H27F2N9O3/c1-17-26(28-33-10-11-44-28)36-29(34-16-19-6-7-21(42-2)13-24(19)43-3)41-27(17)35-25(38-41)9-5-18-4-8-23-22(12-18)37-39-40(23)20-14-30(31,32)15-20/h4-13,20H,14-16H2,1-3H3,(H,34,36). The first kappa shape index (κ1) is 27.4. The Morgan fingerprint density at radius 2 is 1.95 bits per heavy atom. The zero-order valence-corrected chi connectivity index (χ0v) is 24.0. The molecule has 1 fully saturated rings. The van der Waals surface area contributed by atoms with Crippen LogP contribution in [0, 0.1) is 6.92 Å². The number of hydrogen-bond acceptors (Lipinski definition) is 10. The number of alkyl halides is 2. The SMILES string of the molecule is COc1ccc(CNc2nc(-c3ncco3)c(C)c3nc(C=Cc4ccc5c(c4)nnn5C4CC(F)(F)C4)nn23)c(OC)c1. The van der Waals surface area contributed by atoms with E-state index in [-0.39, 0.29) is 18.9 Å². The van der Waals surface area contributed by atoms with Crippen molar-refractivity contribution >= 4 is 34.8 Å². The molecule has 4 aromatic heterocycles. The molecule has 224 valence electrons. The van der Waals surface area contributed by atoms with Crippen molar-refractivity contribution in [1.82, 2.24) is 39.6 Å². The minimum Gasteiger partial charge on any atom is -0.497 e. The van der Waals surface area contributed by atoms with Gasteiger partial charge in [-0.05, 0) is 42.8 Å². The van der Waals surface area contributed by atoms with Crippen molar-refractivity contribution in [3.8, 4) is 23.1 Å². The largest absolute Gasteiger partial charge is 0.497 e. The van der Waals surface area contributed by atoms with Gasteiger partial charge < -0.3 is 19.2 Å². The Morgan fingerprint density at radius 3 is 2.70 bits per heavy atom. The molecule has 6 aromatic rings. The summed E-state index contributed by atoms with van der Waals surface area (Å²) >= 11 is 0. The van der Waals surface area contributed by atoms with E-state index in [1.165, 1.54) is 6.26 Å². The molecule has 0 radical (unpaired) electrons. The second-order valence-corrected chi connectivity index (χ2v) is 10.5. The lowest BCUT2D eigenvalue weighted by molar-refractivity contribution is -0.106. The number of nitrogens with zero attached hydrogens (tertiary/aromatic N) is 8. The third-order valence-electron chi connectivity index (χ3n) is 7.63. The highest BCUT2D eigenvalue weighted by Gasteiger charge is 2.47. The molecule has 14 heteroatoms. The Morgan fingerprint density at radius 1 is 1.09 bits per heavy atom. The molecule has 0 atom stereocenters. The van der Waals surface area contributed by atoms with Crippen LogP contribution in [0.3, 0.4) is 0 Å². The van der Waals surface area contributed by atoms with E-state index in [9.17, 15) is 8.78 Å². The number of rotatable bonds is 9. The predicted octanol–water partition coefficient (Wildman–Crippen LogP) is 5.60. The van der Waals surface area contributed by atoms with E-state index in [0.29, 0.717) is 52.6 Å². The van der Waals surface area contributed by atoms with E-state index in [1.54, 1.807) is 35.7 Å². The van der Waals surface area contributed by atoms with Crippen molar-refractivity contribution in [3.05, 3.63) is 71.4 Å². The normalized spacial score (nSPS) is 14.8. The van der Waals surface area contributed by atoms with Gasteiger partial charge in [-0.25, -0.2) is 28.4 Å². The zero-order valence-electron chi connectivity index (χ0n) is 24.0. The number of halogens is 2. The number of ether oxygens (including phenoxy) is 2. The van der Waals surface area contributed by atoms with Gasteiger partial charge in [-0.15, -0.1) is 10.2 Å². The van der Waals surface area contributed by atoms with Crippen molar-refractivity contribution in [2.24, 2.45) is 0 Å². The van der Waals surface area contributed by atoms with Crippen LogP contribution < -0.4 is 14.8 Å². The smallest absolute Gasteiger partial charge is 0.252 e. The van der Waals surface area contributed by atoms with E-state index in [1.807, 2.05) is 49.4 Å². The van der Waals surface area contributed by atoms with Crippen LogP contribution in [0.2, 0.25) is 0 Å². The van der Waals surface area contributed by atoms with E-state index < -0.39 is 5.92 Å². The average Bonchev–Trinajstić information content (AvgIpc) is 3.78. The molecule has 1 saturated carbocycles. The van der Waals surface area contributed by atoms with Gasteiger partial charge in [0, 0.05) is 36.6 Å². The lowest BCUT2D eigenvalue weighted by Gasteiger charge is -2.34. The predicted molar refractivity (Wildman–Crippen MR) is 158 cm³/mol. The molecule has 1 aliphatic rings. The van der Waals surface area contributed by atoms with Crippen LogP contribution in [0.4, 0.5) is 14.7 Å². The third kappa shape index (κ3) is 4.97. The summed E-state index contributed by atoms with van der Waals surface area (Å²) in [7, 11) is 3.21. The molecule has 2 aromatic carbocycles. The Balaban J connectivity index is 1.20. The van der Waals surface area contributed by atoms with Gasteiger partial charge in [0.15, 0.2) is 11.5 Å². The highest BCUT2D eigenvalue weighted by Crippen LogP contribution is 2.45. The number of anilines is 1. The molecule has 0 saturated heterocycles. The zero-order chi connectivity index (χ0) is 30.4. The topological polar surface area (TPSA) is 130 Å². The molecule has 12 nitrogen and oxygen atoms in total. The van der Waals surface area contributed by atoms with Gasteiger partial charge in [-0.2, -0.15) is 4.52 Å². The van der Waals surface area contributed by atoms with E-state index in [0.717, 1.165) is 22.2 Å². The van der Waals surface area contributed by atoms with Crippen LogP contribution >= 0.6 is 0 Å². The molecule has 0 bridgehead atoms. The van der Waals surface area contributed by atoms with Gasteiger partial charge in [0.2, 0.25) is 11.8 Å². The maximum absolute atomic E-state index is 13.4. The van der Waals surface area contributed by atoms with Gasteiger partial charge in [0.25, 0.3) is 5.92 Å². The van der Waals surface area contributed by atoms with Crippen LogP contribution in [-0.2, 0) is 6.54 Å². The number of aromatic nitrogens is 8. The van der Waals surface area contributed by atoms with Crippen molar-refractivity contribution in [2.75, 3.05) is 19.5 Å². The van der Waals surface area contributed by atoms with Gasteiger partial charge in [-0.3, -0.25) is 0 Å². The second-order valence-electron chi connectivity index (χ2n) is 10.5. The molecule has 0 unspecified atom stereocenters. The first-order chi connectivity index (χ1) is 21.3. The van der Waals surface area contributed by atoms with Crippen LogP contribution in [0.1, 0.15) is 41.4 Å². The summed E-state index contributed by atoms with van der Waals surface area (Å²) < 4.78 is 46.4. The summed E-state index contributed by atoms with van der Waals surface area (Å²) in [5.41, 5.74) is 4.93. The quantitative estimate of drug-likeness (QED) is 0.224. The number of benzene rings is 2. The number of methoxy groups -OCH3 is 2. The van der Waals surface area contributed by atoms with Crippen molar-refractivity contribution in [3.63, 3.8) is 0 Å². The minimum absolute atomic E-state index is 0.219. The molecule has 4 heterocycles. The lowest BCUT2D eigenvalue weighted by atomic mass is 9.88. The maximum Gasteiger partial charge on any atom is 0.252 e. The summed E-state index contributed by atoms with van der Waals surface area (Å²) in [6, 6.07) is 10.8. The molecule has 0 aliphatic heterocycles. The monoisotopic (exact) mass is 599 g/mol. The Hall–Kier alpha value is -5.40. The fraction of sp³-hybridized carbons (Fsp3) is 0.267. The summed E-state index contributed by atoms with van der Waals surface area (Å²) in [4.78, 5) is 13.8. The molecule has 0 amide bonds. The highest BCUT2D eigenvalue weighted by molar-refractivity contribution is 5.80. The van der Waals surface area contributed by atoms with Gasteiger partial charge in [-0.1, -0.05) is 17.4 Å². The number of fused-ring (bicyclic) bond motifs is 2. The summed E-state index contributed by atoms with van der Waals surface area (Å²) in [5.74, 6) is -0.0334. The molecule has 7 rings (SSSR count). The Kier molecular flexibility index (Phi) is 6.67. The van der Waals surface area contributed by atoms with Gasteiger partial charge >= 0.3 is 0 Å². The summed E-state index contributed by atoms with van der Waals surface area (Å²) in [6.45, 7) is 2.27. The first-order valence-corrected chi connectivity index (χ1v) is 13.8. The maximum atomic E-state index is 13.4. The molecular formula is C30H27F2N9O3. The summed E-state index contributed by atoms with van der Waals surface area (Å²) in [6.07, 6.45) is 6.26. The molecule has 44 heavy (non-hydrogen) atoms. The van der Waals surface area contributed by atoms with Crippen molar-refractivity contribution in [1.29, 1.82) is 0 Å². The number of hydrogen-bond donors (Lipinski definition) is 1. The molecule has 0 spiro atoms. The van der Waals surface area contributed by atoms with E-state index in [4.69, 9.17) is 29.0 Å². The summed E-state index contributed by atoms with van der Waals surface area (Å²) in [5, 5.41) is 16.4. The number of nitrogens with one attached hydrogen (secondary N) is 1. The van der Waals surface area contributed by atoms with Gasteiger partial charge in [0.1, 0.15) is 29.0 Å². The Bertz CT molecular complexity index is 2010. The van der Waals surface area contributed by atoms with Crippen LogP contribution in [-0.4, -0.2) is 59.7 Å². The Labute approximate surface area is 249 Å². The highest BCUT2D eigenvalue weighted by atomic mass is 19.3. The lowest BCUT2D eigenvalue weighted by Crippen LogP contribution is -2.37. The molecule has 1 N–H and O–H groups in total. The fourth-order valence-corrected chi connectivity index (χ4v) is 5.27. The molecular weight excluding hydrogens is 572 g/mol. The van der Waals surface area contributed by atoms with Crippen molar-refractivity contribution < 1.29 is 22.7 Å². The van der Waals surface area contributed by atoms with Gasteiger partial charge in [0.05, 0.1) is 32.0 Å². The van der Waals surface area contributed by atoms with Crippen LogP contribution in [0.15, 0.2) is 53.3 Å². The number of aryl methyl sites for hydroxylation is 1. The third-order valence-corrected chi connectivity index (χ3v) is 7.63. The van der Waals surface area contributed by atoms with Crippen LogP contribution in [0.5, 0.6) is 11.5 Å². The van der Waals surface area contributed by atoms with E-state index in [2.05, 4.69) is 20.6 Å². The fourth-order valence-electron chi connectivity index (χ4n) is 5.27. The first-order valence-electron chi connectivity index (χ1n) is 13.8. The molecule has 1 aliphatic carbocycles. The van der Waals surface area contributed by atoms with Crippen molar-refractivity contribution in [2.45, 2.75) is 38.3 Å². The van der Waals surface area contributed by atoms with Crippen LogP contribution in [0.25, 0.3) is 40.4 Å². The van der Waals surface area contributed by atoms with E-state index >= 15 is 0 Å². The second kappa shape index (κ2) is 10.7. The number of oxazole rings is 1.